The van der Waals surface area contributed by atoms with Crippen LogP contribution in [0, 0.1) is 25.7 Å². The van der Waals surface area contributed by atoms with Gasteiger partial charge in [0.15, 0.2) is 0 Å². The number of carbonyl (C=O) groups excluding carboxylic acids is 2. The normalized spacial score (nSPS) is 22.6. The van der Waals surface area contributed by atoms with Crippen LogP contribution in [0.25, 0.3) is 0 Å². The van der Waals surface area contributed by atoms with Crippen molar-refractivity contribution in [1.82, 2.24) is 9.80 Å². The van der Waals surface area contributed by atoms with Crippen molar-refractivity contribution in [3.8, 4) is 0 Å². The summed E-state index contributed by atoms with van der Waals surface area (Å²) >= 11 is 0. The summed E-state index contributed by atoms with van der Waals surface area (Å²) in [5, 5.41) is 0. The molecule has 130 valence electrons. The Hall–Kier alpha value is -2.56. The molecule has 2 saturated heterocycles. The minimum atomic E-state index is -0.0685. The average Bonchev–Trinajstić information content (AvgIpc) is 3.25. The van der Waals surface area contributed by atoms with Gasteiger partial charge in [-0.25, -0.2) is 0 Å². The van der Waals surface area contributed by atoms with E-state index in [4.69, 9.17) is 4.42 Å². The zero-order valence-electron chi connectivity index (χ0n) is 14.6. The Bertz CT molecular complexity index is 826. The lowest BCUT2D eigenvalue weighted by Crippen LogP contribution is -2.35. The van der Waals surface area contributed by atoms with Crippen LogP contribution in [0.5, 0.6) is 0 Å². The molecule has 2 aliphatic rings. The maximum Gasteiger partial charge on any atom is 0.257 e. The van der Waals surface area contributed by atoms with Gasteiger partial charge >= 0.3 is 0 Å². The predicted octanol–water partition coefficient (Wildman–Crippen LogP) is 2.63. The lowest BCUT2D eigenvalue weighted by atomic mass is 10.0. The number of carbonyl (C=O) groups is 2. The van der Waals surface area contributed by atoms with Crippen molar-refractivity contribution in [3.05, 3.63) is 59.0 Å². The maximum atomic E-state index is 12.8. The average molecular weight is 338 g/mol. The van der Waals surface area contributed by atoms with E-state index in [2.05, 4.69) is 25.1 Å². The van der Waals surface area contributed by atoms with E-state index in [0.717, 1.165) is 12.1 Å². The number of hydrogen-bond acceptors (Lipinski definition) is 3. The Labute approximate surface area is 147 Å². The molecule has 0 N–H and O–H groups in total. The van der Waals surface area contributed by atoms with Gasteiger partial charge in [0, 0.05) is 32.1 Å². The number of fused-ring (bicyclic) bond motifs is 1. The molecule has 0 unspecified atom stereocenters. The van der Waals surface area contributed by atoms with Crippen LogP contribution in [0.15, 0.2) is 41.0 Å². The largest absolute Gasteiger partial charge is 0.469 e. The molecule has 2 fully saturated rings. The fourth-order valence-corrected chi connectivity index (χ4v) is 4.06. The number of amides is 2. The highest BCUT2D eigenvalue weighted by atomic mass is 16.3. The van der Waals surface area contributed by atoms with E-state index in [1.54, 1.807) is 17.9 Å². The molecule has 0 radical (unpaired) electrons. The van der Waals surface area contributed by atoms with E-state index < -0.39 is 0 Å². The summed E-state index contributed by atoms with van der Waals surface area (Å²) < 4.78 is 5.23. The second-order valence-electron chi connectivity index (χ2n) is 7.17. The lowest BCUT2D eigenvalue weighted by Gasteiger charge is -2.22. The van der Waals surface area contributed by atoms with Crippen molar-refractivity contribution in [2.45, 2.75) is 20.4 Å². The third-order valence-corrected chi connectivity index (χ3v) is 5.36. The number of aryl methyl sites for hydroxylation is 2. The molecule has 5 heteroatoms. The zero-order chi connectivity index (χ0) is 17.6. The molecule has 5 nitrogen and oxygen atoms in total. The van der Waals surface area contributed by atoms with E-state index in [-0.39, 0.29) is 23.7 Å². The number of furan rings is 1. The van der Waals surface area contributed by atoms with E-state index in [1.165, 1.54) is 11.8 Å². The number of nitrogens with zero attached hydrogens (tertiary/aromatic N) is 2. The van der Waals surface area contributed by atoms with E-state index in [0.29, 0.717) is 31.0 Å². The minimum absolute atomic E-state index is 0.0290. The third kappa shape index (κ3) is 2.84. The van der Waals surface area contributed by atoms with Crippen LogP contribution in [0.2, 0.25) is 0 Å². The van der Waals surface area contributed by atoms with Gasteiger partial charge in [-0.05, 0) is 25.5 Å². The van der Waals surface area contributed by atoms with Gasteiger partial charge in [0.1, 0.15) is 5.76 Å². The monoisotopic (exact) mass is 338 g/mol. The van der Waals surface area contributed by atoms with Gasteiger partial charge in [-0.3, -0.25) is 9.59 Å². The molecule has 25 heavy (non-hydrogen) atoms. The van der Waals surface area contributed by atoms with Crippen molar-refractivity contribution in [3.63, 3.8) is 0 Å². The molecule has 3 heterocycles. The summed E-state index contributed by atoms with van der Waals surface area (Å²) in [6.07, 6.45) is 1.54. The number of hydrogen-bond donors (Lipinski definition) is 0. The second-order valence-corrected chi connectivity index (χ2v) is 7.17. The van der Waals surface area contributed by atoms with Crippen LogP contribution >= 0.6 is 0 Å². The summed E-state index contributed by atoms with van der Waals surface area (Å²) in [5.41, 5.74) is 2.97. The molecule has 2 amide bonds. The first-order valence-corrected chi connectivity index (χ1v) is 8.70. The van der Waals surface area contributed by atoms with E-state index in [1.807, 2.05) is 11.0 Å². The fourth-order valence-electron chi connectivity index (χ4n) is 4.06. The molecule has 4 rings (SSSR count). The summed E-state index contributed by atoms with van der Waals surface area (Å²) in [6.45, 7) is 6.39. The maximum absolute atomic E-state index is 12.8. The number of likely N-dealkylation sites (tertiary alicyclic amines) is 2. The first-order chi connectivity index (χ1) is 12.0. The third-order valence-electron chi connectivity index (χ3n) is 5.36. The molecule has 1 aromatic carbocycles. The van der Waals surface area contributed by atoms with Gasteiger partial charge in [0.2, 0.25) is 5.91 Å². The van der Waals surface area contributed by atoms with Crippen molar-refractivity contribution >= 4 is 11.8 Å². The van der Waals surface area contributed by atoms with Gasteiger partial charge in [-0.15, -0.1) is 0 Å². The summed E-state index contributed by atoms with van der Waals surface area (Å²) in [6, 6.07) is 9.98. The summed E-state index contributed by atoms with van der Waals surface area (Å²) in [5.74, 6) is 0.938. The van der Waals surface area contributed by atoms with Gasteiger partial charge in [0.05, 0.1) is 17.7 Å². The Morgan fingerprint density at radius 2 is 2.04 bits per heavy atom. The van der Waals surface area contributed by atoms with Gasteiger partial charge in [0.25, 0.3) is 5.91 Å². The standard InChI is InChI=1S/C20H22N2O3/c1-13-4-3-5-15(8-13)9-21-10-16-11-22(12-18(16)20(21)24)19(23)17-6-7-25-14(17)2/h3-8,16,18H,9-12H2,1-2H3/t16-,18+/m1/s1. The van der Waals surface area contributed by atoms with Crippen LogP contribution in [-0.4, -0.2) is 41.2 Å². The first-order valence-electron chi connectivity index (χ1n) is 8.70. The Kier molecular flexibility index (Phi) is 3.86. The van der Waals surface area contributed by atoms with Crippen molar-refractivity contribution in [2.24, 2.45) is 11.8 Å². The molecule has 2 aliphatic heterocycles. The molecule has 0 spiro atoms. The Balaban J connectivity index is 1.43. The molecular weight excluding hydrogens is 316 g/mol. The molecule has 0 bridgehead atoms. The lowest BCUT2D eigenvalue weighted by molar-refractivity contribution is -0.131. The summed E-state index contributed by atoms with van der Waals surface area (Å²) in [7, 11) is 0. The smallest absolute Gasteiger partial charge is 0.257 e. The molecule has 2 aromatic rings. The molecule has 0 aliphatic carbocycles. The van der Waals surface area contributed by atoms with Crippen LogP contribution in [-0.2, 0) is 11.3 Å². The number of rotatable bonds is 3. The molecule has 0 saturated carbocycles. The van der Waals surface area contributed by atoms with Crippen LogP contribution in [0.4, 0.5) is 0 Å². The first kappa shape index (κ1) is 15.9. The molecule has 2 atom stereocenters. The molecular formula is C20H22N2O3. The quantitative estimate of drug-likeness (QED) is 0.864. The predicted molar refractivity (Wildman–Crippen MR) is 92.9 cm³/mol. The SMILES string of the molecule is Cc1cccc(CN2C[C@@H]3CN(C(=O)c4ccoc4C)C[C@@H]3C2=O)c1. The highest BCUT2D eigenvalue weighted by molar-refractivity contribution is 5.96. The topological polar surface area (TPSA) is 53.8 Å². The zero-order valence-corrected chi connectivity index (χ0v) is 14.6. The second kappa shape index (κ2) is 6.06. The molecule has 1 aromatic heterocycles. The highest BCUT2D eigenvalue weighted by Gasteiger charge is 2.47. The van der Waals surface area contributed by atoms with Crippen LogP contribution in [0.3, 0.4) is 0 Å². The van der Waals surface area contributed by atoms with Crippen molar-refractivity contribution in [1.29, 1.82) is 0 Å². The van der Waals surface area contributed by atoms with Crippen LogP contribution in [0.1, 0.15) is 27.2 Å². The minimum Gasteiger partial charge on any atom is -0.469 e. The Morgan fingerprint density at radius 1 is 1.20 bits per heavy atom. The number of benzene rings is 1. The van der Waals surface area contributed by atoms with Gasteiger partial charge in [-0.2, -0.15) is 0 Å². The van der Waals surface area contributed by atoms with E-state index in [9.17, 15) is 9.59 Å². The summed E-state index contributed by atoms with van der Waals surface area (Å²) in [4.78, 5) is 29.1. The van der Waals surface area contributed by atoms with Crippen LogP contribution < -0.4 is 0 Å². The van der Waals surface area contributed by atoms with Gasteiger partial charge < -0.3 is 14.2 Å². The van der Waals surface area contributed by atoms with Crippen molar-refractivity contribution < 1.29 is 14.0 Å². The van der Waals surface area contributed by atoms with Gasteiger partial charge in [-0.1, -0.05) is 29.8 Å². The Morgan fingerprint density at radius 3 is 2.72 bits per heavy atom. The highest BCUT2D eigenvalue weighted by Crippen LogP contribution is 2.34. The fraction of sp³-hybridized carbons (Fsp3) is 0.400. The van der Waals surface area contributed by atoms with Crippen molar-refractivity contribution in [2.75, 3.05) is 19.6 Å². The van der Waals surface area contributed by atoms with E-state index >= 15 is 0 Å².